The molecule has 2 heterocycles. The maximum absolute atomic E-state index is 6.71. The van der Waals surface area contributed by atoms with Gasteiger partial charge in [0.25, 0.3) is 0 Å². The molecule has 0 N–H and O–H groups in total. The molecule has 11 rings (SSSR count). The molecule has 0 radical (unpaired) electrons. The monoisotopic (exact) mass is 761 g/mol. The molecule has 4 nitrogen and oxygen atoms in total. The molecule has 0 fully saturated rings. The van der Waals surface area contributed by atoms with E-state index in [-0.39, 0.29) is 0 Å². The minimum atomic E-state index is 0.568. The van der Waals surface area contributed by atoms with Crippen molar-refractivity contribution < 1.29 is 4.42 Å². The Labute approximate surface area is 352 Å². The zero-order valence-electron chi connectivity index (χ0n) is 34.3. The molecule has 9 aromatic carbocycles. The number of nitrogens with zero attached hydrogens (tertiary/aromatic N) is 3. The molecule has 0 aliphatic carbocycles. The smallest absolute Gasteiger partial charge is 0.167 e. The fourth-order valence-electron chi connectivity index (χ4n) is 9.30. The van der Waals surface area contributed by atoms with Crippen LogP contribution in [-0.2, 0) is 0 Å². The van der Waals surface area contributed by atoms with E-state index < -0.39 is 0 Å². The van der Waals surface area contributed by atoms with Crippen molar-refractivity contribution in [2.24, 2.45) is 0 Å². The van der Waals surface area contributed by atoms with Crippen LogP contribution in [-0.4, -0.2) is 54.2 Å². The molecular weight excluding hydrogens is 725 g/mol. The number of furan rings is 1. The van der Waals surface area contributed by atoms with Crippen LogP contribution in [0.2, 0.25) is 0 Å². The summed E-state index contributed by atoms with van der Waals surface area (Å²) in [6, 6.07) is 55.8. The van der Waals surface area contributed by atoms with Gasteiger partial charge in [0, 0.05) is 21.9 Å². The Morgan fingerprint density at radius 3 is 1.40 bits per heavy atom. The molecule has 0 aliphatic heterocycles. The summed E-state index contributed by atoms with van der Waals surface area (Å²) < 4.78 is 6.71. The van der Waals surface area contributed by atoms with Gasteiger partial charge in [-0.15, -0.1) is 16.4 Å². The van der Waals surface area contributed by atoms with Crippen molar-refractivity contribution in [2.45, 2.75) is 0 Å². The van der Waals surface area contributed by atoms with E-state index >= 15 is 0 Å². The minimum absolute atomic E-state index is 0.568. The summed E-state index contributed by atoms with van der Waals surface area (Å²) in [5.74, 6) is 1.79. The van der Waals surface area contributed by atoms with Gasteiger partial charge in [0.05, 0.1) is 5.56 Å². The molecule has 9 heteroatoms. The van der Waals surface area contributed by atoms with Crippen molar-refractivity contribution in [3.05, 3.63) is 158 Å². The van der Waals surface area contributed by atoms with E-state index in [1.165, 1.54) is 70.8 Å². The van der Waals surface area contributed by atoms with Crippen molar-refractivity contribution in [3.8, 4) is 56.4 Å². The SMILES string of the molecule is Bc1c(B)c(B)c(-c2ccc(-c3nc(-c4ccccc4)nc(-c4cccc5c4oc4ccc(-c6ccc7c8ccccc8c8ccccc8c7c6)cc45)n3)cc2)c(B)c1B. The first-order valence-electron chi connectivity index (χ1n) is 20.6. The van der Waals surface area contributed by atoms with E-state index in [2.05, 4.69) is 167 Å². The van der Waals surface area contributed by atoms with Gasteiger partial charge in [-0.05, 0) is 78.8 Å². The highest BCUT2D eigenvalue weighted by Gasteiger charge is 2.20. The molecule has 2 aromatic heterocycles. The van der Waals surface area contributed by atoms with E-state index in [1.807, 2.05) is 30.3 Å². The van der Waals surface area contributed by atoms with Crippen molar-refractivity contribution in [2.75, 3.05) is 0 Å². The Hall–Kier alpha value is -7.11. The molecule has 0 spiro atoms. The Bertz CT molecular complexity index is 3490. The molecule has 11 aromatic rings. The summed E-state index contributed by atoms with van der Waals surface area (Å²) >= 11 is 0. The highest BCUT2D eigenvalue weighted by Crippen LogP contribution is 2.40. The first-order valence-corrected chi connectivity index (χ1v) is 20.6. The van der Waals surface area contributed by atoms with Gasteiger partial charge >= 0.3 is 0 Å². The quantitative estimate of drug-likeness (QED) is 0.186. The van der Waals surface area contributed by atoms with Crippen LogP contribution in [0.15, 0.2) is 162 Å². The van der Waals surface area contributed by atoms with Crippen LogP contribution in [0.4, 0.5) is 0 Å². The Balaban J connectivity index is 1.03. The van der Waals surface area contributed by atoms with Crippen molar-refractivity contribution >= 4 is 121 Å². The van der Waals surface area contributed by atoms with E-state index in [0.717, 1.165) is 49.8 Å². The maximum atomic E-state index is 6.71. The van der Waals surface area contributed by atoms with E-state index in [1.54, 1.807) is 0 Å². The van der Waals surface area contributed by atoms with Crippen molar-refractivity contribution in [1.29, 1.82) is 0 Å². The highest BCUT2D eigenvalue weighted by molar-refractivity contribution is 6.68. The molecule has 0 unspecified atom stereocenters. The lowest BCUT2D eigenvalue weighted by molar-refractivity contribution is 0.669. The fraction of sp³-hybridized carbons (Fsp3) is 0. The number of hydrogen-bond acceptors (Lipinski definition) is 4. The minimum Gasteiger partial charge on any atom is -0.455 e. The predicted octanol–water partition coefficient (Wildman–Crippen LogP) is 4.86. The second-order valence-electron chi connectivity index (χ2n) is 16.1. The largest absolute Gasteiger partial charge is 0.455 e. The summed E-state index contributed by atoms with van der Waals surface area (Å²) in [7, 11) is 11.1. The number of rotatable bonds is 5. The predicted molar refractivity (Wildman–Crippen MR) is 268 cm³/mol. The van der Waals surface area contributed by atoms with Gasteiger partial charge in [0.15, 0.2) is 17.5 Å². The van der Waals surface area contributed by atoms with Crippen LogP contribution >= 0.6 is 0 Å². The number of hydrogen-bond donors (Lipinski definition) is 0. The standard InChI is InChI=1S/C51H36B5N3O/c52-43-42(44(53)46(55)47(56)45(43)54)27-17-19-29(20-18-27)50-57-49(28-9-2-1-3-10-28)58-51(59-50)38-16-8-15-37-40-26-31(22-24-41(40)60-48(37)38)30-21-23-36-34-13-5-4-11-32(34)33-12-6-7-14-35(33)39(36)25-30/h1-26H,52-56H2. The molecular formula is C51H36B5N3O. The van der Waals surface area contributed by atoms with Gasteiger partial charge < -0.3 is 4.42 Å². The van der Waals surface area contributed by atoms with Crippen LogP contribution in [0.1, 0.15) is 0 Å². The zero-order valence-corrected chi connectivity index (χ0v) is 34.3. The normalized spacial score (nSPS) is 11.7. The van der Waals surface area contributed by atoms with Crippen LogP contribution in [0.3, 0.4) is 0 Å². The van der Waals surface area contributed by atoms with Gasteiger partial charge in [-0.1, -0.05) is 144 Å². The number of para-hydroxylation sites is 1. The Morgan fingerprint density at radius 2 is 0.767 bits per heavy atom. The first kappa shape index (κ1) is 36.0. The van der Waals surface area contributed by atoms with Crippen LogP contribution in [0, 0.1) is 0 Å². The Morgan fingerprint density at radius 1 is 0.317 bits per heavy atom. The van der Waals surface area contributed by atoms with Gasteiger partial charge in [-0.3, -0.25) is 0 Å². The van der Waals surface area contributed by atoms with Crippen LogP contribution in [0.25, 0.3) is 111 Å². The second-order valence-corrected chi connectivity index (χ2v) is 16.1. The van der Waals surface area contributed by atoms with Gasteiger partial charge in [-0.25, -0.2) is 15.0 Å². The third kappa shape index (κ3) is 5.72. The van der Waals surface area contributed by atoms with Crippen molar-refractivity contribution in [1.82, 2.24) is 15.0 Å². The molecule has 0 amide bonds. The molecule has 0 atom stereocenters. The highest BCUT2D eigenvalue weighted by atomic mass is 16.3. The average molecular weight is 761 g/mol. The lowest BCUT2D eigenvalue weighted by atomic mass is 9.59. The summed E-state index contributed by atoms with van der Waals surface area (Å²) in [5.41, 5.74) is 15.7. The second kappa shape index (κ2) is 14.0. The molecule has 0 bridgehead atoms. The fourth-order valence-corrected chi connectivity index (χ4v) is 9.30. The lowest BCUT2D eigenvalue weighted by Crippen LogP contribution is -2.55. The van der Waals surface area contributed by atoms with Crippen molar-refractivity contribution in [3.63, 3.8) is 0 Å². The van der Waals surface area contributed by atoms with E-state index in [4.69, 9.17) is 19.4 Å². The number of aromatic nitrogens is 3. The maximum Gasteiger partial charge on any atom is 0.167 e. The third-order valence-electron chi connectivity index (χ3n) is 12.9. The molecule has 0 aliphatic rings. The van der Waals surface area contributed by atoms with Gasteiger partial charge in [0.1, 0.15) is 50.4 Å². The van der Waals surface area contributed by atoms with Crippen LogP contribution in [0.5, 0.6) is 0 Å². The van der Waals surface area contributed by atoms with E-state index in [0.29, 0.717) is 17.5 Å². The summed E-state index contributed by atoms with van der Waals surface area (Å²) in [4.78, 5) is 15.3. The summed E-state index contributed by atoms with van der Waals surface area (Å²) in [5, 5.41) is 9.66. The molecule has 276 valence electrons. The van der Waals surface area contributed by atoms with Crippen LogP contribution < -0.4 is 27.3 Å². The number of benzene rings is 9. The zero-order chi connectivity index (χ0) is 40.6. The summed E-state index contributed by atoms with van der Waals surface area (Å²) in [6.45, 7) is 0. The molecule has 0 saturated carbocycles. The van der Waals surface area contributed by atoms with E-state index in [9.17, 15) is 0 Å². The van der Waals surface area contributed by atoms with Gasteiger partial charge in [0.2, 0.25) is 0 Å². The Kier molecular flexibility index (Phi) is 8.42. The molecule has 60 heavy (non-hydrogen) atoms. The van der Waals surface area contributed by atoms with Gasteiger partial charge in [-0.2, -0.15) is 0 Å². The average Bonchev–Trinajstić information content (AvgIpc) is 3.69. The third-order valence-corrected chi connectivity index (χ3v) is 12.9. The molecule has 0 saturated heterocycles. The number of fused-ring (bicyclic) bond motifs is 9. The first-order chi connectivity index (χ1) is 29.3. The summed E-state index contributed by atoms with van der Waals surface area (Å²) in [6.07, 6.45) is 0. The topological polar surface area (TPSA) is 51.8 Å². The lowest BCUT2D eigenvalue weighted by Gasteiger charge is -2.20.